The van der Waals surface area contributed by atoms with Crippen LogP contribution in [0.4, 0.5) is 11.5 Å². The maximum Gasteiger partial charge on any atom is 0.255 e. The number of hydrogen-bond donors (Lipinski definition) is 1. The molecular formula is C19H18ClN5O3. The topological polar surface area (TPSA) is 95.5 Å². The van der Waals surface area contributed by atoms with E-state index < -0.39 is 0 Å². The zero-order valence-corrected chi connectivity index (χ0v) is 16.0. The number of nitrogens with zero attached hydrogens (tertiary/aromatic N) is 4. The minimum Gasteiger partial charge on any atom is -0.352 e. The summed E-state index contributed by atoms with van der Waals surface area (Å²) in [6, 6.07) is 3.34. The van der Waals surface area contributed by atoms with Gasteiger partial charge in [0.25, 0.3) is 5.91 Å². The Morgan fingerprint density at radius 1 is 1.11 bits per heavy atom. The first kappa shape index (κ1) is 18.4. The molecule has 0 spiro atoms. The number of nitrogens with one attached hydrogen (secondary N) is 1. The van der Waals surface area contributed by atoms with E-state index in [0.717, 1.165) is 5.56 Å². The standard InChI is InChI=1S/C19H18ClN5O3/c1-11(26)16-9-22-17(10-21-16)24-2-4-25(5-3-24)19(28)13-6-12-7-18(27)23-15(12)8-14(13)20/h6,8-10H,2-5,7H2,1H3,(H,23,27). The molecular weight excluding hydrogens is 382 g/mol. The summed E-state index contributed by atoms with van der Waals surface area (Å²) < 4.78 is 0. The van der Waals surface area contributed by atoms with Gasteiger partial charge in [-0.15, -0.1) is 0 Å². The number of amides is 2. The number of hydrogen-bond acceptors (Lipinski definition) is 6. The number of halogens is 1. The van der Waals surface area contributed by atoms with Crippen LogP contribution in [0.15, 0.2) is 24.5 Å². The fourth-order valence-electron chi connectivity index (χ4n) is 3.39. The third-order valence-corrected chi connectivity index (χ3v) is 5.25. The van der Waals surface area contributed by atoms with Gasteiger partial charge in [0.05, 0.1) is 29.4 Å². The van der Waals surface area contributed by atoms with E-state index in [1.54, 1.807) is 23.2 Å². The minimum absolute atomic E-state index is 0.0961. The number of benzene rings is 1. The average molecular weight is 400 g/mol. The summed E-state index contributed by atoms with van der Waals surface area (Å²) in [6.07, 6.45) is 3.31. The lowest BCUT2D eigenvalue weighted by Gasteiger charge is -2.35. The molecule has 144 valence electrons. The smallest absolute Gasteiger partial charge is 0.255 e. The van der Waals surface area contributed by atoms with Crippen LogP contribution in [0.3, 0.4) is 0 Å². The monoisotopic (exact) mass is 399 g/mol. The molecule has 1 aromatic heterocycles. The van der Waals surface area contributed by atoms with E-state index in [4.69, 9.17) is 11.6 Å². The molecule has 0 atom stereocenters. The molecule has 0 radical (unpaired) electrons. The van der Waals surface area contributed by atoms with E-state index in [1.807, 2.05) is 4.90 Å². The number of ketones is 1. The van der Waals surface area contributed by atoms with Crippen LogP contribution >= 0.6 is 11.6 Å². The Hall–Kier alpha value is -3.00. The molecule has 1 saturated heterocycles. The van der Waals surface area contributed by atoms with Crippen molar-refractivity contribution in [3.05, 3.63) is 46.4 Å². The SMILES string of the molecule is CC(=O)c1cnc(N2CCN(C(=O)c3cc4c(cc3Cl)NC(=O)C4)CC2)cn1. The third kappa shape index (κ3) is 3.43. The summed E-state index contributed by atoms with van der Waals surface area (Å²) in [7, 11) is 0. The van der Waals surface area contributed by atoms with E-state index in [0.29, 0.717) is 54.0 Å². The first-order valence-corrected chi connectivity index (χ1v) is 9.29. The maximum absolute atomic E-state index is 12.9. The zero-order valence-electron chi connectivity index (χ0n) is 15.2. The Labute approximate surface area is 166 Å². The molecule has 2 aromatic rings. The van der Waals surface area contributed by atoms with E-state index >= 15 is 0 Å². The van der Waals surface area contributed by atoms with Gasteiger partial charge in [-0.2, -0.15) is 0 Å². The van der Waals surface area contributed by atoms with Gasteiger partial charge < -0.3 is 15.1 Å². The van der Waals surface area contributed by atoms with Gasteiger partial charge in [-0.1, -0.05) is 11.6 Å². The molecule has 1 aromatic carbocycles. The Kier molecular flexibility index (Phi) is 4.72. The van der Waals surface area contributed by atoms with Crippen LogP contribution in [0.2, 0.25) is 5.02 Å². The summed E-state index contributed by atoms with van der Waals surface area (Å²) in [5, 5.41) is 3.06. The second-order valence-corrected chi connectivity index (χ2v) is 7.22. The molecule has 3 heterocycles. The first-order valence-electron chi connectivity index (χ1n) is 8.92. The van der Waals surface area contributed by atoms with Gasteiger partial charge in [0.2, 0.25) is 5.91 Å². The normalized spacial score (nSPS) is 16.0. The summed E-state index contributed by atoms with van der Waals surface area (Å²) in [5.74, 6) is 0.306. The molecule has 0 unspecified atom stereocenters. The van der Waals surface area contributed by atoms with Gasteiger partial charge in [-0.05, 0) is 17.7 Å². The number of carbonyl (C=O) groups excluding carboxylic acids is 3. The van der Waals surface area contributed by atoms with Crippen molar-refractivity contribution in [2.75, 3.05) is 36.4 Å². The number of fused-ring (bicyclic) bond motifs is 1. The zero-order chi connectivity index (χ0) is 19.8. The van der Waals surface area contributed by atoms with Gasteiger partial charge in [-0.3, -0.25) is 14.4 Å². The van der Waals surface area contributed by atoms with Crippen molar-refractivity contribution >= 4 is 40.7 Å². The average Bonchev–Trinajstić information content (AvgIpc) is 3.06. The van der Waals surface area contributed by atoms with E-state index in [2.05, 4.69) is 15.3 Å². The number of carbonyl (C=O) groups is 3. The van der Waals surface area contributed by atoms with Crippen LogP contribution in [0.1, 0.15) is 33.3 Å². The van der Waals surface area contributed by atoms with Crippen molar-refractivity contribution in [1.82, 2.24) is 14.9 Å². The Balaban J connectivity index is 1.44. The van der Waals surface area contributed by atoms with Gasteiger partial charge >= 0.3 is 0 Å². The van der Waals surface area contributed by atoms with Crippen molar-refractivity contribution in [2.24, 2.45) is 0 Å². The van der Waals surface area contributed by atoms with Gasteiger partial charge in [0, 0.05) is 38.8 Å². The van der Waals surface area contributed by atoms with Crippen LogP contribution in [0.25, 0.3) is 0 Å². The molecule has 0 aliphatic carbocycles. The fraction of sp³-hybridized carbons (Fsp3) is 0.316. The van der Waals surface area contributed by atoms with Crippen molar-refractivity contribution < 1.29 is 14.4 Å². The van der Waals surface area contributed by atoms with Crippen molar-refractivity contribution in [2.45, 2.75) is 13.3 Å². The molecule has 28 heavy (non-hydrogen) atoms. The predicted molar refractivity (Wildman–Crippen MR) is 104 cm³/mol. The van der Waals surface area contributed by atoms with Crippen molar-refractivity contribution in [1.29, 1.82) is 0 Å². The Bertz CT molecular complexity index is 968. The van der Waals surface area contributed by atoms with Gasteiger partial charge in [0.15, 0.2) is 5.78 Å². The quantitative estimate of drug-likeness (QED) is 0.790. The molecule has 4 rings (SSSR count). The van der Waals surface area contributed by atoms with Crippen LogP contribution < -0.4 is 10.2 Å². The summed E-state index contributed by atoms with van der Waals surface area (Å²) >= 11 is 6.28. The molecule has 2 aliphatic rings. The Morgan fingerprint density at radius 3 is 2.50 bits per heavy atom. The van der Waals surface area contributed by atoms with Gasteiger partial charge in [-0.25, -0.2) is 9.97 Å². The lowest BCUT2D eigenvalue weighted by molar-refractivity contribution is -0.115. The number of Topliss-reactive ketones (excluding diaryl/α,β-unsaturated/α-hetero) is 1. The van der Waals surface area contributed by atoms with Crippen LogP contribution in [-0.4, -0.2) is 58.6 Å². The highest BCUT2D eigenvalue weighted by Crippen LogP contribution is 2.30. The van der Waals surface area contributed by atoms with E-state index in [9.17, 15) is 14.4 Å². The molecule has 9 heteroatoms. The summed E-state index contributed by atoms with van der Waals surface area (Å²) in [4.78, 5) is 47.9. The van der Waals surface area contributed by atoms with Crippen molar-refractivity contribution in [3.8, 4) is 0 Å². The van der Waals surface area contributed by atoms with Crippen LogP contribution in [0.5, 0.6) is 0 Å². The van der Waals surface area contributed by atoms with Gasteiger partial charge in [0.1, 0.15) is 11.5 Å². The number of piperazine rings is 1. The lowest BCUT2D eigenvalue weighted by Crippen LogP contribution is -2.49. The summed E-state index contributed by atoms with van der Waals surface area (Å²) in [5.41, 5.74) is 2.20. The van der Waals surface area contributed by atoms with Crippen molar-refractivity contribution in [3.63, 3.8) is 0 Å². The molecule has 1 fully saturated rings. The van der Waals surface area contributed by atoms with E-state index in [1.165, 1.54) is 13.1 Å². The molecule has 0 saturated carbocycles. The lowest BCUT2D eigenvalue weighted by atomic mass is 10.1. The predicted octanol–water partition coefficient (Wildman–Crippen LogP) is 1.79. The van der Waals surface area contributed by atoms with E-state index in [-0.39, 0.29) is 24.0 Å². The number of anilines is 2. The Morgan fingerprint density at radius 2 is 1.86 bits per heavy atom. The fourth-order valence-corrected chi connectivity index (χ4v) is 3.63. The number of rotatable bonds is 3. The minimum atomic E-state index is -0.148. The third-order valence-electron chi connectivity index (χ3n) is 4.94. The largest absolute Gasteiger partial charge is 0.352 e. The molecule has 1 N–H and O–H groups in total. The second-order valence-electron chi connectivity index (χ2n) is 6.81. The highest BCUT2D eigenvalue weighted by molar-refractivity contribution is 6.34. The highest BCUT2D eigenvalue weighted by atomic mass is 35.5. The molecule has 0 bridgehead atoms. The number of aromatic nitrogens is 2. The maximum atomic E-state index is 12.9. The summed E-state index contributed by atoms with van der Waals surface area (Å²) in [6.45, 7) is 3.67. The molecule has 2 aliphatic heterocycles. The molecule has 2 amide bonds. The van der Waals surface area contributed by atoms with Crippen LogP contribution in [-0.2, 0) is 11.2 Å². The highest BCUT2D eigenvalue weighted by Gasteiger charge is 2.27. The van der Waals surface area contributed by atoms with Crippen LogP contribution in [0, 0.1) is 0 Å². The second kappa shape index (κ2) is 7.20. The first-order chi connectivity index (χ1) is 13.4. The molecule has 8 nitrogen and oxygen atoms in total.